The van der Waals surface area contributed by atoms with E-state index < -0.39 is 0 Å². The Morgan fingerprint density at radius 1 is 1.19 bits per heavy atom. The molecule has 0 radical (unpaired) electrons. The Labute approximate surface area is 220 Å². The monoisotopic (exact) mass is 505 g/mol. The Bertz CT molecular complexity index is 1100. The highest BCUT2D eigenvalue weighted by atomic mass is 16.5. The van der Waals surface area contributed by atoms with Crippen LogP contribution in [0, 0.1) is 11.8 Å². The number of nitrogens with zero attached hydrogens (tertiary/aromatic N) is 3. The maximum absolute atomic E-state index is 13.6. The van der Waals surface area contributed by atoms with Gasteiger partial charge in [0.05, 0.1) is 19.2 Å². The number of likely N-dealkylation sites (N-methyl/N-ethyl adjacent to an activating group) is 1. The second kappa shape index (κ2) is 12.4. The lowest BCUT2D eigenvalue weighted by atomic mass is 9.88. The maximum atomic E-state index is 13.6. The lowest BCUT2D eigenvalue weighted by molar-refractivity contribution is -0.136. The number of hydrogen-bond acceptors (Lipinski definition) is 5. The molecule has 0 saturated heterocycles. The molecule has 3 atom stereocenters. The SMILES string of the molecule is C[C@H]1CN([C@@H](C)CO)C(=O)c2cc(/C=C/c3ccccc3)cnc2O[C@@H]1CN(C)C(=O)C1CCCCC1. The number of amides is 2. The van der Waals surface area contributed by atoms with Crippen molar-refractivity contribution in [3.63, 3.8) is 0 Å². The van der Waals surface area contributed by atoms with Gasteiger partial charge >= 0.3 is 0 Å². The zero-order chi connectivity index (χ0) is 26.4. The molecule has 2 heterocycles. The Morgan fingerprint density at radius 3 is 2.59 bits per heavy atom. The van der Waals surface area contributed by atoms with Gasteiger partial charge in [-0.2, -0.15) is 0 Å². The summed E-state index contributed by atoms with van der Waals surface area (Å²) in [6, 6.07) is 11.4. The van der Waals surface area contributed by atoms with E-state index in [0.717, 1.165) is 36.8 Å². The summed E-state index contributed by atoms with van der Waals surface area (Å²) < 4.78 is 6.37. The van der Waals surface area contributed by atoms with Crippen LogP contribution >= 0.6 is 0 Å². The minimum atomic E-state index is -0.355. The van der Waals surface area contributed by atoms with Crippen LogP contribution in [0.25, 0.3) is 12.2 Å². The summed E-state index contributed by atoms with van der Waals surface area (Å²) in [4.78, 5) is 34.8. The molecule has 0 spiro atoms. The summed E-state index contributed by atoms with van der Waals surface area (Å²) in [6.45, 7) is 4.56. The van der Waals surface area contributed by atoms with Crippen LogP contribution in [0.4, 0.5) is 0 Å². The Morgan fingerprint density at radius 2 is 1.89 bits per heavy atom. The fraction of sp³-hybridized carbons (Fsp3) is 0.500. The summed E-state index contributed by atoms with van der Waals surface area (Å²) in [5.74, 6) is 0.249. The van der Waals surface area contributed by atoms with Crippen LogP contribution in [0.5, 0.6) is 5.88 Å². The number of hydrogen-bond donors (Lipinski definition) is 1. The molecule has 4 rings (SSSR count). The highest BCUT2D eigenvalue weighted by Gasteiger charge is 2.35. The smallest absolute Gasteiger partial charge is 0.259 e. The normalized spacial score (nSPS) is 21.6. The Balaban J connectivity index is 1.60. The fourth-order valence-electron chi connectivity index (χ4n) is 5.21. The Kier molecular flexibility index (Phi) is 8.98. The van der Waals surface area contributed by atoms with E-state index in [-0.39, 0.29) is 48.3 Å². The van der Waals surface area contributed by atoms with Crippen LogP contribution in [0.1, 0.15) is 67.4 Å². The van der Waals surface area contributed by atoms with Crippen LogP contribution in [-0.2, 0) is 4.79 Å². The van der Waals surface area contributed by atoms with Crippen molar-refractivity contribution in [2.24, 2.45) is 11.8 Å². The Hall–Kier alpha value is -3.19. The summed E-state index contributed by atoms with van der Waals surface area (Å²) in [7, 11) is 1.84. The van der Waals surface area contributed by atoms with Crippen LogP contribution < -0.4 is 4.74 Å². The van der Waals surface area contributed by atoms with Gasteiger partial charge in [-0.3, -0.25) is 9.59 Å². The van der Waals surface area contributed by atoms with Crippen molar-refractivity contribution in [1.82, 2.24) is 14.8 Å². The van der Waals surface area contributed by atoms with Gasteiger partial charge in [-0.15, -0.1) is 0 Å². The van der Waals surface area contributed by atoms with Crippen molar-refractivity contribution in [2.75, 3.05) is 26.7 Å². The van der Waals surface area contributed by atoms with Crippen molar-refractivity contribution in [1.29, 1.82) is 0 Å². The van der Waals surface area contributed by atoms with Crippen molar-refractivity contribution < 1.29 is 19.4 Å². The van der Waals surface area contributed by atoms with E-state index in [1.807, 2.05) is 63.4 Å². The maximum Gasteiger partial charge on any atom is 0.259 e. The first kappa shape index (κ1) is 26.9. The van der Waals surface area contributed by atoms with Gasteiger partial charge in [0, 0.05) is 31.6 Å². The summed E-state index contributed by atoms with van der Waals surface area (Å²) in [6.07, 6.45) is 10.6. The predicted molar refractivity (Wildman–Crippen MR) is 145 cm³/mol. The molecule has 7 nitrogen and oxygen atoms in total. The van der Waals surface area contributed by atoms with Crippen molar-refractivity contribution in [3.8, 4) is 5.88 Å². The standard InChI is InChI=1S/C30H39N3O4/c1-21-18-33(22(2)20-34)30(36)26-16-24(15-14-23-10-6-4-7-11-23)17-31-28(26)37-27(21)19-32(3)29(35)25-12-8-5-9-13-25/h4,6-7,10-11,14-17,21-22,25,27,34H,5,8-9,12-13,18-20H2,1-3H3/b15-14+/t21-,22-,27+/m0/s1. The van der Waals surface area contributed by atoms with E-state index in [4.69, 9.17) is 4.74 Å². The number of benzene rings is 1. The third-order valence-electron chi connectivity index (χ3n) is 7.59. The number of fused-ring (bicyclic) bond motifs is 1. The summed E-state index contributed by atoms with van der Waals surface area (Å²) >= 11 is 0. The van der Waals surface area contributed by atoms with E-state index in [1.54, 1.807) is 22.1 Å². The molecule has 198 valence electrons. The van der Waals surface area contributed by atoms with Crippen LogP contribution in [0.2, 0.25) is 0 Å². The topological polar surface area (TPSA) is 83.0 Å². The number of aliphatic hydroxyl groups is 1. The second-order valence-electron chi connectivity index (χ2n) is 10.5. The molecule has 7 heteroatoms. The average molecular weight is 506 g/mol. The molecule has 1 saturated carbocycles. The first-order chi connectivity index (χ1) is 17.9. The number of rotatable bonds is 7. The second-order valence-corrected chi connectivity index (χ2v) is 10.5. The van der Waals surface area contributed by atoms with Crippen LogP contribution in [-0.4, -0.2) is 70.6 Å². The van der Waals surface area contributed by atoms with Gasteiger partial charge in [-0.25, -0.2) is 4.98 Å². The molecule has 2 amide bonds. The van der Waals surface area contributed by atoms with E-state index in [2.05, 4.69) is 4.98 Å². The molecular weight excluding hydrogens is 466 g/mol. The van der Waals surface area contributed by atoms with Crippen molar-refractivity contribution in [3.05, 3.63) is 59.3 Å². The van der Waals surface area contributed by atoms with E-state index in [1.165, 1.54) is 6.42 Å². The molecule has 1 fully saturated rings. The summed E-state index contributed by atoms with van der Waals surface area (Å²) in [5, 5.41) is 9.89. The minimum Gasteiger partial charge on any atom is -0.472 e. The molecule has 2 aliphatic rings. The molecular formula is C30H39N3O4. The molecule has 2 aromatic rings. The van der Waals surface area contributed by atoms with Gasteiger partial charge in [-0.05, 0) is 37.0 Å². The van der Waals surface area contributed by atoms with Crippen LogP contribution in [0.15, 0.2) is 42.6 Å². The molecule has 1 aliphatic carbocycles. The summed E-state index contributed by atoms with van der Waals surface area (Å²) in [5.41, 5.74) is 2.20. The number of pyridine rings is 1. The third kappa shape index (κ3) is 6.58. The first-order valence-electron chi connectivity index (χ1n) is 13.4. The number of ether oxygens (including phenoxy) is 1. The molecule has 1 N–H and O–H groups in total. The zero-order valence-corrected chi connectivity index (χ0v) is 22.2. The lowest BCUT2D eigenvalue weighted by Gasteiger charge is -2.38. The average Bonchev–Trinajstić information content (AvgIpc) is 2.94. The van der Waals surface area contributed by atoms with Gasteiger partial charge < -0.3 is 19.6 Å². The van der Waals surface area contributed by atoms with E-state index in [9.17, 15) is 14.7 Å². The first-order valence-corrected chi connectivity index (χ1v) is 13.4. The lowest BCUT2D eigenvalue weighted by Crippen LogP contribution is -2.51. The molecule has 0 unspecified atom stereocenters. The van der Waals surface area contributed by atoms with Crippen LogP contribution in [0.3, 0.4) is 0 Å². The quantitative estimate of drug-likeness (QED) is 0.599. The number of carbonyl (C=O) groups is 2. The van der Waals surface area contributed by atoms with Gasteiger partial charge in [0.1, 0.15) is 11.7 Å². The molecule has 1 aliphatic heterocycles. The van der Waals surface area contributed by atoms with Gasteiger partial charge in [0.2, 0.25) is 11.8 Å². The highest BCUT2D eigenvalue weighted by Crippen LogP contribution is 2.29. The van der Waals surface area contributed by atoms with Crippen molar-refractivity contribution >= 4 is 24.0 Å². The van der Waals surface area contributed by atoms with E-state index >= 15 is 0 Å². The number of aromatic nitrogens is 1. The molecule has 1 aromatic carbocycles. The fourth-order valence-corrected chi connectivity index (χ4v) is 5.21. The van der Waals surface area contributed by atoms with Gasteiger partial charge in [0.25, 0.3) is 5.91 Å². The minimum absolute atomic E-state index is 0.0628. The predicted octanol–water partition coefficient (Wildman–Crippen LogP) is 4.51. The van der Waals surface area contributed by atoms with Crippen molar-refractivity contribution in [2.45, 2.75) is 58.1 Å². The molecule has 0 bridgehead atoms. The van der Waals surface area contributed by atoms with Gasteiger partial charge in [0.15, 0.2) is 0 Å². The molecule has 37 heavy (non-hydrogen) atoms. The zero-order valence-electron chi connectivity index (χ0n) is 22.2. The third-order valence-corrected chi connectivity index (χ3v) is 7.59. The van der Waals surface area contributed by atoms with E-state index in [0.29, 0.717) is 18.7 Å². The van der Waals surface area contributed by atoms with Gasteiger partial charge in [-0.1, -0.05) is 68.7 Å². The highest BCUT2D eigenvalue weighted by molar-refractivity contribution is 5.97. The molecule has 1 aromatic heterocycles. The number of carbonyl (C=O) groups excluding carboxylic acids is 2. The number of aliphatic hydroxyl groups excluding tert-OH is 1. The largest absolute Gasteiger partial charge is 0.472 e.